The van der Waals surface area contributed by atoms with Crippen LogP contribution in [0.5, 0.6) is 0 Å². The molecule has 132 valence electrons. The molecule has 0 aliphatic rings. The first kappa shape index (κ1) is 24.1. The maximum atomic E-state index is 7.76. The number of aromatic nitrogens is 4. The van der Waals surface area contributed by atoms with Gasteiger partial charge in [-0.25, -0.2) is 15.2 Å². The summed E-state index contributed by atoms with van der Waals surface area (Å²) in [5.41, 5.74) is 0. The van der Waals surface area contributed by atoms with E-state index in [0.717, 1.165) is 24.5 Å². The van der Waals surface area contributed by atoms with Crippen molar-refractivity contribution in [2.75, 3.05) is 20.0 Å². The van der Waals surface area contributed by atoms with Crippen LogP contribution >= 0.6 is 7.92 Å². The summed E-state index contributed by atoms with van der Waals surface area (Å²) in [6.07, 6.45) is 10.7. The minimum Gasteiger partial charge on any atom is -0.338 e. The van der Waals surface area contributed by atoms with E-state index in [0.29, 0.717) is 0 Å². The Labute approximate surface area is 155 Å². The third-order valence-corrected chi connectivity index (χ3v) is 2.45. The van der Waals surface area contributed by atoms with Gasteiger partial charge >= 0.3 is 0 Å². The van der Waals surface area contributed by atoms with E-state index in [1.807, 2.05) is 48.6 Å². The number of nitriles is 1. The Morgan fingerprint density at radius 3 is 1.65 bits per heavy atom. The molecule has 0 N–H and O–H groups in total. The van der Waals surface area contributed by atoms with Crippen molar-refractivity contribution in [3.05, 3.63) is 42.9 Å². The summed E-state index contributed by atoms with van der Waals surface area (Å²) in [7, 11) is 4.10. The van der Waals surface area contributed by atoms with Crippen LogP contribution in [0.2, 0.25) is 0 Å². The van der Waals surface area contributed by atoms with Gasteiger partial charge in [-0.05, 0) is 7.92 Å². The number of unbranched alkanes of at least 4 members (excludes halogenated alkanes) is 1. The van der Waals surface area contributed by atoms with Crippen LogP contribution in [0.25, 0.3) is 0 Å². The molecule has 0 atom stereocenters. The van der Waals surface area contributed by atoms with Crippen molar-refractivity contribution in [1.29, 1.82) is 5.26 Å². The van der Waals surface area contributed by atoms with Gasteiger partial charge < -0.3 is 9.13 Å². The van der Waals surface area contributed by atoms with Gasteiger partial charge in [0, 0.05) is 79.3 Å². The quantitative estimate of drug-likeness (QED) is 0.430. The third kappa shape index (κ3) is 12.0. The van der Waals surface area contributed by atoms with Gasteiger partial charge in [-0.3, -0.25) is 6.42 Å². The van der Waals surface area contributed by atoms with Gasteiger partial charge in [-0.2, -0.15) is 6.42 Å². The summed E-state index contributed by atoms with van der Waals surface area (Å²) in [5.74, 6) is 2.07. The molecule has 0 saturated heterocycles. The molecule has 2 aromatic rings. The van der Waals surface area contributed by atoms with Crippen LogP contribution < -0.4 is 0 Å². The molecule has 0 aliphatic heterocycles. The number of hydrogen-bond donors (Lipinski definition) is 0. The van der Waals surface area contributed by atoms with Crippen LogP contribution in [-0.2, 0) is 40.9 Å². The second-order valence-electron chi connectivity index (χ2n) is 5.33. The molecular formula is C16H28N5PPd. The SMILES string of the molecule is CC[CH-]C#N.C[PH+](C)C.Cn1ccnc1Cc1nccn1C.[Pd]. The van der Waals surface area contributed by atoms with Crippen LogP contribution in [0, 0.1) is 17.8 Å². The molecule has 5 nitrogen and oxygen atoms in total. The Kier molecular flexibility index (Phi) is 15.2. The van der Waals surface area contributed by atoms with Gasteiger partial charge in [0.1, 0.15) is 11.6 Å². The molecule has 2 heterocycles. The summed E-state index contributed by atoms with van der Waals surface area (Å²) >= 11 is 0. The average molecular weight is 428 g/mol. The fourth-order valence-electron chi connectivity index (χ4n) is 1.37. The molecule has 7 heteroatoms. The number of aryl methyl sites for hydroxylation is 2. The van der Waals surface area contributed by atoms with Crippen LogP contribution in [-0.4, -0.2) is 39.1 Å². The minimum absolute atomic E-state index is 0. The first-order chi connectivity index (χ1) is 10.4. The maximum absolute atomic E-state index is 7.76. The molecule has 0 fully saturated rings. The first-order valence-corrected chi connectivity index (χ1v) is 10.3. The molecule has 23 heavy (non-hydrogen) atoms. The Morgan fingerprint density at radius 1 is 1.09 bits per heavy atom. The van der Waals surface area contributed by atoms with Crippen LogP contribution in [0.4, 0.5) is 0 Å². The fraction of sp³-hybridized carbons (Fsp3) is 0.500. The van der Waals surface area contributed by atoms with Crippen molar-refractivity contribution in [3.63, 3.8) is 0 Å². The number of imidazole rings is 2. The molecule has 0 unspecified atom stereocenters. The minimum atomic E-state index is 0. The van der Waals surface area contributed by atoms with Gasteiger partial charge in [0.25, 0.3) is 0 Å². The molecule has 0 aromatic carbocycles. The summed E-state index contributed by atoms with van der Waals surface area (Å²) in [6, 6.07) is 1.89. The Balaban J connectivity index is 0. The maximum Gasteiger partial charge on any atom is 0.115 e. The van der Waals surface area contributed by atoms with Gasteiger partial charge in [0.05, 0.1) is 6.42 Å². The van der Waals surface area contributed by atoms with Gasteiger partial charge in [-0.15, -0.1) is 6.07 Å². The predicted molar refractivity (Wildman–Crippen MR) is 95.5 cm³/mol. The second kappa shape index (κ2) is 14.5. The zero-order valence-electron chi connectivity index (χ0n) is 14.9. The van der Waals surface area contributed by atoms with E-state index in [4.69, 9.17) is 5.26 Å². The average Bonchev–Trinajstić information content (AvgIpc) is 3.02. The summed E-state index contributed by atoms with van der Waals surface area (Å²) in [5, 5.41) is 7.76. The van der Waals surface area contributed by atoms with Gasteiger partial charge in [-0.1, -0.05) is 6.92 Å². The van der Waals surface area contributed by atoms with E-state index < -0.39 is 0 Å². The van der Waals surface area contributed by atoms with Crippen LogP contribution in [0.1, 0.15) is 25.0 Å². The van der Waals surface area contributed by atoms with E-state index in [1.54, 1.807) is 18.8 Å². The van der Waals surface area contributed by atoms with E-state index in [9.17, 15) is 0 Å². The van der Waals surface area contributed by atoms with Crippen molar-refractivity contribution in [1.82, 2.24) is 19.1 Å². The van der Waals surface area contributed by atoms with Crippen molar-refractivity contribution >= 4 is 7.92 Å². The van der Waals surface area contributed by atoms with Crippen LogP contribution in [0.15, 0.2) is 24.8 Å². The summed E-state index contributed by atoms with van der Waals surface area (Å²) < 4.78 is 4.02. The van der Waals surface area contributed by atoms with Crippen molar-refractivity contribution in [2.45, 2.75) is 19.8 Å². The molecule has 0 saturated carbocycles. The Bertz CT molecular complexity index is 516. The molecule has 2 rings (SSSR count). The van der Waals surface area contributed by atoms with E-state index >= 15 is 0 Å². The van der Waals surface area contributed by atoms with E-state index in [2.05, 4.69) is 30.0 Å². The standard InChI is InChI=1S/C9H12N4.C4H6N.C3H9P.Pd/c1-12-5-3-10-8(12)7-9-11-4-6-13(9)2;1-2-3-4-5;1-4(2)3;/h3-6H,7H2,1-2H3;3H,2H2,1H3;1-3H3;/q;-1;;/p+1. The van der Waals surface area contributed by atoms with Crippen molar-refractivity contribution < 1.29 is 20.4 Å². The van der Waals surface area contributed by atoms with Gasteiger partial charge in [0.15, 0.2) is 0 Å². The molecular weight excluding hydrogens is 400 g/mol. The predicted octanol–water partition coefficient (Wildman–Crippen LogP) is 2.96. The van der Waals surface area contributed by atoms with Crippen LogP contribution in [0.3, 0.4) is 0 Å². The molecule has 0 amide bonds. The number of nitrogens with zero attached hydrogens (tertiary/aromatic N) is 5. The normalized spacial score (nSPS) is 8.78. The number of hydrogen-bond acceptors (Lipinski definition) is 3. The van der Waals surface area contributed by atoms with Crippen molar-refractivity contribution in [3.8, 4) is 6.07 Å². The number of rotatable bonds is 3. The van der Waals surface area contributed by atoms with E-state index in [-0.39, 0.29) is 28.3 Å². The smallest absolute Gasteiger partial charge is 0.115 e. The second-order valence-corrected chi connectivity index (χ2v) is 8.33. The van der Waals surface area contributed by atoms with E-state index in [1.165, 1.54) is 0 Å². The Morgan fingerprint density at radius 2 is 1.48 bits per heavy atom. The topological polar surface area (TPSA) is 59.4 Å². The zero-order chi connectivity index (χ0) is 17.0. The zero-order valence-corrected chi connectivity index (χ0v) is 17.4. The largest absolute Gasteiger partial charge is 0.338 e. The van der Waals surface area contributed by atoms with Crippen molar-refractivity contribution in [2.24, 2.45) is 14.1 Å². The Hall–Kier alpha value is -1.13. The third-order valence-electron chi connectivity index (χ3n) is 2.45. The first-order valence-electron chi connectivity index (χ1n) is 7.32. The molecule has 0 aliphatic carbocycles. The molecule has 2 aromatic heterocycles. The molecule has 0 bridgehead atoms. The molecule has 0 spiro atoms. The summed E-state index contributed by atoms with van der Waals surface area (Å²) in [4.78, 5) is 8.48. The van der Waals surface area contributed by atoms with Gasteiger partial charge in [0.2, 0.25) is 0 Å². The fourth-order valence-corrected chi connectivity index (χ4v) is 1.37. The monoisotopic (exact) mass is 427 g/mol. The summed E-state index contributed by atoms with van der Waals surface area (Å²) in [6.45, 7) is 8.74. The molecule has 0 radical (unpaired) electrons.